The van der Waals surface area contributed by atoms with Crippen LogP contribution >= 0.6 is 11.3 Å². The van der Waals surface area contributed by atoms with E-state index < -0.39 is 5.60 Å². The minimum atomic E-state index is -0.786. The Labute approximate surface area is 93.7 Å². The first-order valence-electron chi connectivity index (χ1n) is 4.96. The molecule has 1 atom stereocenters. The largest absolute Gasteiger partial charge is 0.384 e. The second-order valence-corrected chi connectivity index (χ2v) is 5.00. The van der Waals surface area contributed by atoms with E-state index in [0.717, 1.165) is 4.88 Å². The molecule has 0 bridgehead atoms. The summed E-state index contributed by atoms with van der Waals surface area (Å²) in [5, 5.41) is 11.4. The summed E-state index contributed by atoms with van der Waals surface area (Å²) in [5.41, 5.74) is -0.786. The molecule has 1 aromatic carbocycles. The molecule has 0 amide bonds. The van der Waals surface area contributed by atoms with Crippen molar-refractivity contribution in [2.24, 2.45) is 0 Å². The van der Waals surface area contributed by atoms with E-state index >= 15 is 0 Å². The van der Waals surface area contributed by atoms with Gasteiger partial charge in [0.2, 0.25) is 0 Å². The van der Waals surface area contributed by atoms with Gasteiger partial charge < -0.3 is 5.11 Å². The predicted octanol–water partition coefficient (Wildman–Crippen LogP) is 3.68. The lowest BCUT2D eigenvalue weighted by Crippen LogP contribution is -2.17. The highest BCUT2D eigenvalue weighted by Gasteiger charge is 2.23. The molecular weight excluding hydrogens is 204 g/mol. The Kier molecular flexibility index (Phi) is 2.63. The summed E-state index contributed by atoms with van der Waals surface area (Å²) in [6, 6.07) is 10.2. The highest BCUT2D eigenvalue weighted by atomic mass is 32.1. The van der Waals surface area contributed by atoms with E-state index in [1.807, 2.05) is 19.1 Å². The van der Waals surface area contributed by atoms with Gasteiger partial charge in [-0.15, -0.1) is 17.9 Å². The minimum absolute atomic E-state index is 0.583. The monoisotopic (exact) mass is 218 g/mol. The fraction of sp³-hybridized carbons (Fsp3) is 0.231. The average molecular weight is 218 g/mol. The van der Waals surface area contributed by atoms with Gasteiger partial charge in [-0.05, 0) is 30.9 Å². The summed E-state index contributed by atoms with van der Waals surface area (Å²) in [6.07, 6.45) is 2.34. The number of fused-ring (bicyclic) bond motifs is 1. The first-order chi connectivity index (χ1) is 7.13. The van der Waals surface area contributed by atoms with Gasteiger partial charge in [0.25, 0.3) is 0 Å². The van der Waals surface area contributed by atoms with Gasteiger partial charge in [-0.2, -0.15) is 0 Å². The number of hydrogen-bond acceptors (Lipinski definition) is 2. The predicted molar refractivity (Wildman–Crippen MR) is 66.2 cm³/mol. The molecule has 2 rings (SSSR count). The summed E-state index contributed by atoms with van der Waals surface area (Å²) < 4.78 is 1.22. The molecule has 0 saturated heterocycles. The molecule has 15 heavy (non-hydrogen) atoms. The molecule has 0 fully saturated rings. The maximum Gasteiger partial charge on any atom is 0.0994 e. The first-order valence-corrected chi connectivity index (χ1v) is 5.77. The number of aliphatic hydroxyl groups is 1. The zero-order valence-electron chi connectivity index (χ0n) is 8.73. The molecule has 1 nitrogen and oxygen atoms in total. The smallest absolute Gasteiger partial charge is 0.0994 e. The van der Waals surface area contributed by atoms with Gasteiger partial charge in [-0.1, -0.05) is 24.3 Å². The van der Waals surface area contributed by atoms with Crippen molar-refractivity contribution in [2.45, 2.75) is 18.9 Å². The Morgan fingerprint density at radius 1 is 1.47 bits per heavy atom. The molecule has 1 heterocycles. The Morgan fingerprint density at radius 2 is 2.20 bits per heavy atom. The lowest BCUT2D eigenvalue weighted by molar-refractivity contribution is 0.0646. The fourth-order valence-corrected chi connectivity index (χ4v) is 2.75. The van der Waals surface area contributed by atoms with E-state index in [1.54, 1.807) is 17.4 Å². The van der Waals surface area contributed by atoms with Gasteiger partial charge >= 0.3 is 0 Å². The van der Waals surface area contributed by atoms with Crippen LogP contribution in [0.15, 0.2) is 43.0 Å². The molecular formula is C13H14OS. The molecule has 0 radical (unpaired) electrons. The second kappa shape index (κ2) is 3.80. The summed E-state index contributed by atoms with van der Waals surface area (Å²) in [6.45, 7) is 5.50. The third kappa shape index (κ3) is 1.96. The van der Waals surface area contributed by atoms with Crippen molar-refractivity contribution in [3.05, 3.63) is 47.9 Å². The van der Waals surface area contributed by atoms with E-state index in [0.29, 0.717) is 6.42 Å². The highest BCUT2D eigenvalue weighted by Crippen LogP contribution is 2.34. The molecule has 0 unspecified atom stereocenters. The fourth-order valence-electron chi connectivity index (χ4n) is 1.63. The number of thiophene rings is 1. The molecule has 1 N–H and O–H groups in total. The second-order valence-electron chi connectivity index (χ2n) is 3.92. The Balaban J connectivity index is 2.48. The number of hydrogen-bond donors (Lipinski definition) is 1. The molecule has 78 valence electrons. The molecule has 0 spiro atoms. The Bertz CT molecular complexity index is 449. The maximum atomic E-state index is 10.2. The molecule has 2 aromatic rings. The van der Waals surface area contributed by atoms with E-state index in [4.69, 9.17) is 0 Å². The topological polar surface area (TPSA) is 20.2 Å². The van der Waals surface area contributed by atoms with Crippen molar-refractivity contribution < 1.29 is 5.11 Å². The first kappa shape index (κ1) is 10.4. The molecule has 0 aliphatic heterocycles. The van der Waals surface area contributed by atoms with Crippen molar-refractivity contribution in [3.8, 4) is 0 Å². The van der Waals surface area contributed by atoms with Crippen LogP contribution in [0, 0.1) is 0 Å². The van der Waals surface area contributed by atoms with Crippen LogP contribution in [0.3, 0.4) is 0 Å². The van der Waals surface area contributed by atoms with Crippen molar-refractivity contribution in [1.82, 2.24) is 0 Å². The third-order valence-corrected chi connectivity index (χ3v) is 3.87. The van der Waals surface area contributed by atoms with Gasteiger partial charge in [0.1, 0.15) is 0 Å². The van der Waals surface area contributed by atoms with Crippen molar-refractivity contribution in [1.29, 1.82) is 0 Å². The van der Waals surface area contributed by atoms with E-state index in [1.165, 1.54) is 10.1 Å². The van der Waals surface area contributed by atoms with E-state index in [9.17, 15) is 5.11 Å². The summed E-state index contributed by atoms with van der Waals surface area (Å²) in [7, 11) is 0. The number of rotatable bonds is 3. The molecule has 2 heteroatoms. The van der Waals surface area contributed by atoms with Crippen LogP contribution in [0.25, 0.3) is 10.1 Å². The van der Waals surface area contributed by atoms with Crippen molar-refractivity contribution in [3.63, 3.8) is 0 Å². The van der Waals surface area contributed by atoms with Crippen LogP contribution in [0.5, 0.6) is 0 Å². The summed E-state index contributed by atoms with van der Waals surface area (Å²) in [5.74, 6) is 0. The zero-order valence-corrected chi connectivity index (χ0v) is 9.55. The average Bonchev–Trinajstić information content (AvgIpc) is 2.61. The van der Waals surface area contributed by atoms with Crippen LogP contribution in [-0.2, 0) is 5.60 Å². The van der Waals surface area contributed by atoms with Crippen LogP contribution in [0.2, 0.25) is 0 Å². The van der Waals surface area contributed by atoms with Crippen LogP contribution < -0.4 is 0 Å². The lowest BCUT2D eigenvalue weighted by Gasteiger charge is -2.19. The molecule has 0 aliphatic carbocycles. The van der Waals surface area contributed by atoms with Crippen LogP contribution in [0.4, 0.5) is 0 Å². The normalized spacial score (nSPS) is 15.1. The lowest BCUT2D eigenvalue weighted by atomic mass is 10.0. The van der Waals surface area contributed by atoms with E-state index in [2.05, 4.69) is 24.8 Å². The maximum absolute atomic E-state index is 10.2. The highest BCUT2D eigenvalue weighted by molar-refractivity contribution is 7.19. The molecule has 1 aromatic heterocycles. The van der Waals surface area contributed by atoms with Gasteiger partial charge in [0.15, 0.2) is 0 Å². The van der Waals surface area contributed by atoms with Gasteiger partial charge in [-0.25, -0.2) is 0 Å². The quantitative estimate of drug-likeness (QED) is 0.779. The van der Waals surface area contributed by atoms with Crippen LogP contribution in [-0.4, -0.2) is 5.11 Å². The van der Waals surface area contributed by atoms with Crippen molar-refractivity contribution >= 4 is 21.4 Å². The standard InChI is InChI=1S/C13H14OS/c1-3-8-13(2,14)12-9-10-6-4-5-7-11(10)15-12/h3-7,9,14H,1,8H2,2H3/t13-/m0/s1. The van der Waals surface area contributed by atoms with Gasteiger partial charge in [0, 0.05) is 9.58 Å². The molecule has 0 aliphatic rings. The van der Waals surface area contributed by atoms with Gasteiger partial charge in [0.05, 0.1) is 5.60 Å². The minimum Gasteiger partial charge on any atom is -0.384 e. The third-order valence-electron chi connectivity index (χ3n) is 2.50. The molecule has 0 saturated carbocycles. The summed E-state index contributed by atoms with van der Waals surface area (Å²) >= 11 is 1.65. The zero-order chi connectivity index (χ0) is 10.9. The Hall–Kier alpha value is -1.12. The Morgan fingerprint density at radius 3 is 2.87 bits per heavy atom. The van der Waals surface area contributed by atoms with Crippen molar-refractivity contribution in [2.75, 3.05) is 0 Å². The summed E-state index contributed by atoms with van der Waals surface area (Å²) in [4.78, 5) is 1.00. The van der Waals surface area contributed by atoms with Crippen LogP contribution in [0.1, 0.15) is 18.2 Å². The number of benzene rings is 1. The van der Waals surface area contributed by atoms with Gasteiger partial charge in [-0.3, -0.25) is 0 Å². The van der Waals surface area contributed by atoms with E-state index in [-0.39, 0.29) is 0 Å². The SMILES string of the molecule is C=CC[C@](C)(O)c1cc2ccccc2s1.